The summed E-state index contributed by atoms with van der Waals surface area (Å²) in [6.45, 7) is 6.85. The van der Waals surface area contributed by atoms with Crippen LogP contribution in [0.5, 0.6) is 5.75 Å². The van der Waals surface area contributed by atoms with E-state index in [-0.39, 0.29) is 5.82 Å². The highest BCUT2D eigenvalue weighted by molar-refractivity contribution is 5.31. The molecule has 0 bridgehead atoms. The lowest BCUT2D eigenvalue weighted by molar-refractivity contribution is 0.137. The number of methoxy groups -OCH3 is 1. The third-order valence-electron chi connectivity index (χ3n) is 3.53. The number of ether oxygens (including phenoxy) is 1. The van der Waals surface area contributed by atoms with Gasteiger partial charge in [0.1, 0.15) is 0 Å². The summed E-state index contributed by atoms with van der Waals surface area (Å²) < 4.78 is 19.1. The highest BCUT2D eigenvalue weighted by Gasteiger charge is 2.23. The van der Waals surface area contributed by atoms with Crippen molar-refractivity contribution in [3.05, 3.63) is 29.6 Å². The maximum absolute atomic E-state index is 14.1. The van der Waals surface area contributed by atoms with Gasteiger partial charge >= 0.3 is 0 Å². The summed E-state index contributed by atoms with van der Waals surface area (Å²) in [5, 5.41) is 3.42. The van der Waals surface area contributed by atoms with Crippen molar-refractivity contribution in [2.75, 3.05) is 20.2 Å². The van der Waals surface area contributed by atoms with Crippen molar-refractivity contribution in [2.45, 2.75) is 32.5 Å². The van der Waals surface area contributed by atoms with Crippen molar-refractivity contribution in [3.63, 3.8) is 0 Å². The summed E-state index contributed by atoms with van der Waals surface area (Å²) in [5.74, 6) is 0.0849. The van der Waals surface area contributed by atoms with Gasteiger partial charge in [-0.05, 0) is 19.9 Å². The molecule has 1 aromatic carbocycles. The van der Waals surface area contributed by atoms with E-state index in [1.54, 1.807) is 6.07 Å². The minimum absolute atomic E-state index is 0.238. The van der Waals surface area contributed by atoms with Crippen molar-refractivity contribution < 1.29 is 9.13 Å². The molecule has 1 aromatic rings. The van der Waals surface area contributed by atoms with E-state index in [4.69, 9.17) is 4.74 Å². The predicted octanol–water partition coefficient (Wildman–Crippen LogP) is 2.02. The average molecular weight is 252 g/mol. The number of piperazine rings is 1. The number of hydrogen-bond acceptors (Lipinski definition) is 3. The van der Waals surface area contributed by atoms with Gasteiger partial charge in [0.2, 0.25) is 0 Å². The van der Waals surface area contributed by atoms with Gasteiger partial charge in [0, 0.05) is 37.3 Å². The molecule has 0 amide bonds. The third kappa shape index (κ3) is 2.82. The number of hydrogen-bond donors (Lipinski definition) is 1. The Kier molecular flexibility index (Phi) is 4.19. The molecule has 0 radical (unpaired) electrons. The maximum atomic E-state index is 14.1. The van der Waals surface area contributed by atoms with Crippen LogP contribution in [0.3, 0.4) is 0 Å². The van der Waals surface area contributed by atoms with Gasteiger partial charge in [-0.15, -0.1) is 0 Å². The molecule has 100 valence electrons. The van der Waals surface area contributed by atoms with Gasteiger partial charge in [0.05, 0.1) is 7.11 Å². The molecule has 1 aliphatic heterocycles. The fourth-order valence-electron chi connectivity index (χ4n) is 2.37. The minimum Gasteiger partial charge on any atom is -0.494 e. The molecular weight excluding hydrogens is 231 g/mol. The van der Waals surface area contributed by atoms with Gasteiger partial charge < -0.3 is 10.1 Å². The molecule has 1 saturated heterocycles. The predicted molar refractivity (Wildman–Crippen MR) is 70.3 cm³/mol. The number of rotatable bonds is 3. The molecule has 2 unspecified atom stereocenters. The number of benzene rings is 1. The SMILES string of the molecule is COc1cccc(CN2CC(C)NCC2C)c1F. The summed E-state index contributed by atoms with van der Waals surface area (Å²) in [6, 6.07) is 6.20. The van der Waals surface area contributed by atoms with E-state index >= 15 is 0 Å². The fourth-order valence-corrected chi connectivity index (χ4v) is 2.37. The Balaban J connectivity index is 2.13. The number of nitrogens with zero attached hydrogens (tertiary/aromatic N) is 1. The van der Waals surface area contributed by atoms with Crippen LogP contribution in [-0.2, 0) is 6.54 Å². The first-order valence-electron chi connectivity index (χ1n) is 6.40. The molecule has 1 heterocycles. The molecule has 1 fully saturated rings. The van der Waals surface area contributed by atoms with Crippen molar-refractivity contribution in [2.24, 2.45) is 0 Å². The zero-order valence-electron chi connectivity index (χ0n) is 11.2. The Hall–Kier alpha value is -1.13. The smallest absolute Gasteiger partial charge is 0.169 e. The van der Waals surface area contributed by atoms with Crippen LogP contribution in [0, 0.1) is 5.82 Å². The third-order valence-corrected chi connectivity index (χ3v) is 3.53. The van der Waals surface area contributed by atoms with Crippen LogP contribution in [0.15, 0.2) is 18.2 Å². The Bertz CT molecular complexity index is 411. The lowest BCUT2D eigenvalue weighted by Gasteiger charge is -2.37. The zero-order chi connectivity index (χ0) is 13.1. The van der Waals surface area contributed by atoms with Gasteiger partial charge in [-0.25, -0.2) is 4.39 Å². The molecule has 4 heteroatoms. The summed E-state index contributed by atoms with van der Waals surface area (Å²) in [5.41, 5.74) is 0.704. The second-order valence-electron chi connectivity index (χ2n) is 5.02. The first-order chi connectivity index (χ1) is 8.61. The first kappa shape index (κ1) is 13.3. The summed E-state index contributed by atoms with van der Waals surface area (Å²) in [7, 11) is 1.50. The molecule has 2 atom stereocenters. The molecule has 3 nitrogen and oxygen atoms in total. The van der Waals surface area contributed by atoms with Crippen LogP contribution in [0.2, 0.25) is 0 Å². The largest absolute Gasteiger partial charge is 0.494 e. The second kappa shape index (κ2) is 5.67. The monoisotopic (exact) mass is 252 g/mol. The molecule has 0 saturated carbocycles. The van der Waals surface area contributed by atoms with Crippen LogP contribution in [0.25, 0.3) is 0 Å². The molecule has 0 aromatic heterocycles. The molecule has 1 N–H and O–H groups in total. The Labute approximate surface area is 108 Å². The van der Waals surface area contributed by atoms with Gasteiger partial charge in [-0.2, -0.15) is 0 Å². The fraction of sp³-hybridized carbons (Fsp3) is 0.571. The molecule has 0 aliphatic carbocycles. The first-order valence-corrected chi connectivity index (χ1v) is 6.40. The van der Waals surface area contributed by atoms with E-state index in [1.807, 2.05) is 12.1 Å². The van der Waals surface area contributed by atoms with Crippen molar-refractivity contribution >= 4 is 0 Å². The van der Waals surface area contributed by atoms with Crippen LogP contribution >= 0.6 is 0 Å². The molecule has 2 rings (SSSR count). The van der Waals surface area contributed by atoms with E-state index in [9.17, 15) is 4.39 Å². The molecule has 18 heavy (non-hydrogen) atoms. The lowest BCUT2D eigenvalue weighted by Crippen LogP contribution is -2.53. The van der Waals surface area contributed by atoms with E-state index in [2.05, 4.69) is 24.1 Å². The average Bonchev–Trinajstić information content (AvgIpc) is 2.36. The van der Waals surface area contributed by atoms with Gasteiger partial charge in [0.25, 0.3) is 0 Å². The van der Waals surface area contributed by atoms with Crippen LogP contribution in [0.4, 0.5) is 4.39 Å². The lowest BCUT2D eigenvalue weighted by atomic mass is 10.1. The molecule has 1 aliphatic rings. The van der Waals surface area contributed by atoms with Crippen LogP contribution < -0.4 is 10.1 Å². The standard InChI is InChI=1S/C14H21FN2O/c1-10-8-17(11(2)7-16-10)9-12-5-4-6-13(18-3)14(12)15/h4-6,10-11,16H,7-9H2,1-3H3. The summed E-state index contributed by atoms with van der Waals surface area (Å²) in [4.78, 5) is 2.30. The Morgan fingerprint density at radius 2 is 2.22 bits per heavy atom. The normalized spacial score (nSPS) is 25.1. The van der Waals surface area contributed by atoms with Gasteiger partial charge in [-0.1, -0.05) is 12.1 Å². The maximum Gasteiger partial charge on any atom is 0.169 e. The van der Waals surface area contributed by atoms with Crippen LogP contribution in [-0.4, -0.2) is 37.2 Å². The van der Waals surface area contributed by atoms with Gasteiger partial charge in [-0.3, -0.25) is 4.90 Å². The summed E-state index contributed by atoms with van der Waals surface area (Å²) >= 11 is 0. The van der Waals surface area contributed by atoms with Crippen molar-refractivity contribution in [1.82, 2.24) is 10.2 Å². The van der Waals surface area contributed by atoms with Crippen molar-refractivity contribution in [3.8, 4) is 5.75 Å². The topological polar surface area (TPSA) is 24.5 Å². The minimum atomic E-state index is -0.238. The molecule has 0 spiro atoms. The Morgan fingerprint density at radius 3 is 2.94 bits per heavy atom. The second-order valence-corrected chi connectivity index (χ2v) is 5.02. The van der Waals surface area contributed by atoms with E-state index in [1.165, 1.54) is 7.11 Å². The van der Waals surface area contributed by atoms with E-state index in [0.29, 0.717) is 29.9 Å². The quantitative estimate of drug-likeness (QED) is 0.890. The van der Waals surface area contributed by atoms with E-state index in [0.717, 1.165) is 13.1 Å². The summed E-state index contributed by atoms with van der Waals surface area (Å²) in [6.07, 6.45) is 0. The molecular formula is C14H21FN2O. The van der Waals surface area contributed by atoms with Crippen LogP contribution in [0.1, 0.15) is 19.4 Å². The Morgan fingerprint density at radius 1 is 1.44 bits per heavy atom. The highest BCUT2D eigenvalue weighted by Crippen LogP contribution is 2.22. The van der Waals surface area contributed by atoms with Gasteiger partial charge in [0.15, 0.2) is 11.6 Å². The zero-order valence-corrected chi connectivity index (χ0v) is 11.2. The van der Waals surface area contributed by atoms with Crippen molar-refractivity contribution in [1.29, 1.82) is 0 Å². The van der Waals surface area contributed by atoms with E-state index < -0.39 is 0 Å². The number of halogens is 1. The number of nitrogens with one attached hydrogen (secondary N) is 1. The highest BCUT2D eigenvalue weighted by atomic mass is 19.1.